The first-order chi connectivity index (χ1) is 10.6. The van der Waals surface area contributed by atoms with Gasteiger partial charge in [-0.2, -0.15) is 0 Å². The molecule has 1 atom stereocenters. The molecule has 7 heteroatoms. The van der Waals surface area contributed by atoms with Crippen LogP contribution in [0.5, 0.6) is 0 Å². The summed E-state index contributed by atoms with van der Waals surface area (Å²) in [5.41, 5.74) is 2.15. The van der Waals surface area contributed by atoms with Crippen LogP contribution in [-0.2, 0) is 17.8 Å². The molecule has 0 spiro atoms. The van der Waals surface area contributed by atoms with Crippen LogP contribution in [0.15, 0.2) is 30.9 Å². The molecule has 0 fully saturated rings. The minimum absolute atomic E-state index is 0.0904. The summed E-state index contributed by atoms with van der Waals surface area (Å²) in [6.07, 6.45) is 5.76. The van der Waals surface area contributed by atoms with Gasteiger partial charge in [-0.15, -0.1) is 0 Å². The van der Waals surface area contributed by atoms with Gasteiger partial charge in [-0.1, -0.05) is 11.6 Å². The van der Waals surface area contributed by atoms with E-state index in [0.29, 0.717) is 17.4 Å². The number of carbonyl (C=O) groups excluding carboxylic acids is 1. The van der Waals surface area contributed by atoms with Crippen molar-refractivity contribution in [2.24, 2.45) is 0 Å². The van der Waals surface area contributed by atoms with Crippen molar-refractivity contribution < 1.29 is 4.79 Å². The standard InChI is InChI=1S/C15H16ClN5O/c1-10(15(22)20-14-3-2-12(16)7-18-14)21-5-4-11-6-17-9-19-13(11)8-21/h2-3,6-7,9-10H,4-5,8H2,1H3,(H,18,20,22). The molecule has 1 unspecified atom stereocenters. The number of rotatable bonds is 3. The lowest BCUT2D eigenvalue weighted by atomic mass is 10.1. The van der Waals surface area contributed by atoms with Crippen molar-refractivity contribution >= 4 is 23.3 Å². The van der Waals surface area contributed by atoms with Crippen LogP contribution in [0.1, 0.15) is 18.2 Å². The average Bonchev–Trinajstić information content (AvgIpc) is 2.55. The normalized spacial score (nSPS) is 15.9. The molecule has 2 aromatic heterocycles. The van der Waals surface area contributed by atoms with Crippen LogP contribution in [0.2, 0.25) is 5.02 Å². The molecule has 3 rings (SSSR count). The van der Waals surface area contributed by atoms with Gasteiger partial charge in [-0.05, 0) is 31.0 Å². The number of amides is 1. The minimum Gasteiger partial charge on any atom is -0.309 e. The molecule has 1 N–H and O–H groups in total. The fraction of sp³-hybridized carbons (Fsp3) is 0.333. The number of nitrogens with one attached hydrogen (secondary N) is 1. The summed E-state index contributed by atoms with van der Waals surface area (Å²) < 4.78 is 0. The second-order valence-electron chi connectivity index (χ2n) is 5.24. The Morgan fingerprint density at radius 2 is 2.23 bits per heavy atom. The Bertz CT molecular complexity index is 676. The molecule has 3 heterocycles. The summed E-state index contributed by atoms with van der Waals surface area (Å²) in [6.45, 7) is 3.35. The number of nitrogens with zero attached hydrogens (tertiary/aromatic N) is 4. The molecular formula is C15H16ClN5O. The molecule has 2 aromatic rings. The van der Waals surface area contributed by atoms with Crippen molar-refractivity contribution in [1.29, 1.82) is 0 Å². The number of anilines is 1. The molecule has 0 aliphatic carbocycles. The summed E-state index contributed by atoms with van der Waals surface area (Å²) >= 11 is 5.78. The molecule has 114 valence electrons. The highest BCUT2D eigenvalue weighted by atomic mass is 35.5. The van der Waals surface area contributed by atoms with Crippen LogP contribution < -0.4 is 5.32 Å². The molecule has 22 heavy (non-hydrogen) atoms. The van der Waals surface area contributed by atoms with Crippen molar-refractivity contribution in [3.63, 3.8) is 0 Å². The third-order valence-electron chi connectivity index (χ3n) is 3.81. The minimum atomic E-state index is -0.263. The molecule has 0 saturated carbocycles. The van der Waals surface area contributed by atoms with Crippen LogP contribution in [0.3, 0.4) is 0 Å². The predicted octanol–water partition coefficient (Wildman–Crippen LogP) is 1.91. The lowest BCUT2D eigenvalue weighted by Gasteiger charge is -2.31. The first kappa shape index (κ1) is 14.9. The Hall–Kier alpha value is -2.05. The van der Waals surface area contributed by atoms with E-state index in [9.17, 15) is 4.79 Å². The zero-order valence-corrected chi connectivity index (χ0v) is 12.9. The zero-order valence-electron chi connectivity index (χ0n) is 12.2. The summed E-state index contributed by atoms with van der Waals surface area (Å²) in [5.74, 6) is 0.410. The van der Waals surface area contributed by atoms with Gasteiger partial charge in [0, 0.05) is 25.5 Å². The molecule has 0 radical (unpaired) electrons. The fourth-order valence-corrected chi connectivity index (χ4v) is 2.56. The zero-order chi connectivity index (χ0) is 15.5. The van der Waals surface area contributed by atoms with Crippen molar-refractivity contribution in [2.45, 2.75) is 25.9 Å². The molecule has 0 saturated heterocycles. The number of halogens is 1. The molecule has 1 aliphatic rings. The largest absolute Gasteiger partial charge is 0.309 e. The maximum atomic E-state index is 12.4. The topological polar surface area (TPSA) is 71.0 Å². The Morgan fingerprint density at radius 1 is 1.36 bits per heavy atom. The van der Waals surface area contributed by atoms with E-state index < -0.39 is 0 Å². The Balaban J connectivity index is 1.65. The van der Waals surface area contributed by atoms with E-state index in [1.807, 2.05) is 13.1 Å². The Morgan fingerprint density at radius 3 is 3.00 bits per heavy atom. The van der Waals surface area contributed by atoms with E-state index in [1.165, 1.54) is 6.20 Å². The number of fused-ring (bicyclic) bond motifs is 1. The van der Waals surface area contributed by atoms with Crippen LogP contribution in [0.4, 0.5) is 5.82 Å². The fourth-order valence-electron chi connectivity index (χ4n) is 2.45. The second-order valence-corrected chi connectivity index (χ2v) is 5.68. The van der Waals surface area contributed by atoms with Gasteiger partial charge in [-0.3, -0.25) is 9.69 Å². The van der Waals surface area contributed by atoms with Crippen LogP contribution in [0, 0.1) is 0 Å². The quantitative estimate of drug-likeness (QED) is 0.936. The molecule has 1 amide bonds. The predicted molar refractivity (Wildman–Crippen MR) is 83.5 cm³/mol. The highest BCUT2D eigenvalue weighted by molar-refractivity contribution is 6.30. The van der Waals surface area contributed by atoms with Gasteiger partial charge in [0.05, 0.1) is 16.8 Å². The second kappa shape index (κ2) is 6.37. The smallest absolute Gasteiger partial charge is 0.242 e. The van der Waals surface area contributed by atoms with Crippen molar-refractivity contribution in [1.82, 2.24) is 19.9 Å². The summed E-state index contributed by atoms with van der Waals surface area (Å²) in [6, 6.07) is 3.12. The van der Waals surface area contributed by atoms with E-state index in [-0.39, 0.29) is 11.9 Å². The number of hydrogen-bond donors (Lipinski definition) is 1. The molecule has 6 nitrogen and oxygen atoms in total. The summed E-state index contributed by atoms with van der Waals surface area (Å²) in [5, 5.41) is 3.35. The van der Waals surface area contributed by atoms with Gasteiger partial charge in [0.1, 0.15) is 12.1 Å². The monoisotopic (exact) mass is 317 g/mol. The maximum absolute atomic E-state index is 12.4. The summed E-state index contributed by atoms with van der Waals surface area (Å²) in [7, 11) is 0. The maximum Gasteiger partial charge on any atom is 0.242 e. The average molecular weight is 318 g/mol. The van der Waals surface area contributed by atoms with Gasteiger partial charge in [0.2, 0.25) is 5.91 Å². The molecule has 1 aliphatic heterocycles. The third-order valence-corrected chi connectivity index (χ3v) is 4.03. The van der Waals surface area contributed by atoms with Crippen molar-refractivity contribution in [3.8, 4) is 0 Å². The SMILES string of the molecule is CC(C(=O)Nc1ccc(Cl)cn1)N1CCc2cncnc2C1. The van der Waals surface area contributed by atoms with Gasteiger partial charge in [0.15, 0.2) is 0 Å². The lowest BCUT2D eigenvalue weighted by molar-refractivity contribution is -0.121. The van der Waals surface area contributed by atoms with Crippen LogP contribution >= 0.6 is 11.6 Å². The number of aromatic nitrogens is 3. The van der Waals surface area contributed by atoms with E-state index in [4.69, 9.17) is 11.6 Å². The molecular weight excluding hydrogens is 302 g/mol. The number of pyridine rings is 1. The van der Waals surface area contributed by atoms with Gasteiger partial charge in [-0.25, -0.2) is 15.0 Å². The van der Waals surface area contributed by atoms with Crippen molar-refractivity contribution in [2.75, 3.05) is 11.9 Å². The van der Waals surface area contributed by atoms with Gasteiger partial charge < -0.3 is 5.32 Å². The summed E-state index contributed by atoms with van der Waals surface area (Å²) in [4.78, 5) is 26.9. The van der Waals surface area contributed by atoms with Crippen molar-refractivity contribution in [3.05, 3.63) is 47.1 Å². The van der Waals surface area contributed by atoms with Crippen LogP contribution in [0.25, 0.3) is 0 Å². The van der Waals surface area contributed by atoms with E-state index >= 15 is 0 Å². The number of carbonyl (C=O) groups is 1. The van der Waals surface area contributed by atoms with E-state index in [0.717, 1.165) is 24.2 Å². The Labute approximate surface area is 133 Å². The first-order valence-electron chi connectivity index (χ1n) is 7.07. The third kappa shape index (κ3) is 3.23. The lowest BCUT2D eigenvalue weighted by Crippen LogP contribution is -2.44. The molecule has 0 bridgehead atoms. The highest BCUT2D eigenvalue weighted by Gasteiger charge is 2.26. The molecule has 0 aromatic carbocycles. The Kier molecular flexibility index (Phi) is 4.31. The van der Waals surface area contributed by atoms with Gasteiger partial charge >= 0.3 is 0 Å². The highest BCUT2D eigenvalue weighted by Crippen LogP contribution is 2.18. The van der Waals surface area contributed by atoms with E-state index in [1.54, 1.807) is 18.5 Å². The van der Waals surface area contributed by atoms with E-state index in [2.05, 4.69) is 25.2 Å². The first-order valence-corrected chi connectivity index (χ1v) is 7.45. The number of hydrogen-bond acceptors (Lipinski definition) is 5. The van der Waals surface area contributed by atoms with Crippen LogP contribution in [-0.4, -0.2) is 38.3 Å². The van der Waals surface area contributed by atoms with Gasteiger partial charge in [0.25, 0.3) is 0 Å².